The van der Waals surface area contributed by atoms with Gasteiger partial charge in [-0.2, -0.15) is 5.26 Å². The van der Waals surface area contributed by atoms with E-state index in [4.69, 9.17) is 10.00 Å². The van der Waals surface area contributed by atoms with Gasteiger partial charge in [0, 0.05) is 19.2 Å². The predicted octanol–water partition coefficient (Wildman–Crippen LogP) is 2.21. The SMILES string of the molecule is COc1cc(CNC2CCCCC2CO)ccc1C#N. The van der Waals surface area contributed by atoms with E-state index in [-0.39, 0.29) is 6.61 Å². The number of nitriles is 1. The number of methoxy groups -OCH3 is 1. The van der Waals surface area contributed by atoms with Crippen molar-refractivity contribution in [2.45, 2.75) is 38.3 Å². The van der Waals surface area contributed by atoms with Crippen LogP contribution in [0.15, 0.2) is 18.2 Å². The largest absolute Gasteiger partial charge is 0.495 e. The lowest BCUT2D eigenvalue weighted by atomic mass is 9.85. The lowest BCUT2D eigenvalue weighted by molar-refractivity contribution is 0.152. The minimum Gasteiger partial charge on any atom is -0.495 e. The van der Waals surface area contributed by atoms with Crippen LogP contribution in [0.5, 0.6) is 5.75 Å². The molecule has 4 heteroatoms. The number of nitrogens with zero attached hydrogens (tertiary/aromatic N) is 1. The summed E-state index contributed by atoms with van der Waals surface area (Å²) in [7, 11) is 1.58. The maximum Gasteiger partial charge on any atom is 0.136 e. The fraction of sp³-hybridized carbons (Fsp3) is 0.562. The molecule has 0 radical (unpaired) electrons. The Morgan fingerprint density at radius 3 is 2.90 bits per heavy atom. The molecule has 0 bridgehead atoms. The molecule has 0 saturated heterocycles. The van der Waals surface area contributed by atoms with Crippen molar-refractivity contribution in [2.24, 2.45) is 5.92 Å². The number of hydrogen-bond acceptors (Lipinski definition) is 4. The van der Waals surface area contributed by atoms with Crippen LogP contribution in [-0.2, 0) is 6.54 Å². The first-order chi connectivity index (χ1) is 9.78. The number of ether oxygens (including phenoxy) is 1. The summed E-state index contributed by atoms with van der Waals surface area (Å²) in [5.41, 5.74) is 1.66. The second-order valence-corrected chi connectivity index (χ2v) is 5.36. The molecular formula is C16H22N2O2. The summed E-state index contributed by atoms with van der Waals surface area (Å²) in [5.74, 6) is 0.984. The maximum atomic E-state index is 9.41. The molecule has 1 fully saturated rings. The highest BCUT2D eigenvalue weighted by atomic mass is 16.5. The molecule has 0 heterocycles. The van der Waals surface area contributed by atoms with Crippen molar-refractivity contribution in [2.75, 3.05) is 13.7 Å². The van der Waals surface area contributed by atoms with Gasteiger partial charge in [0.05, 0.1) is 12.7 Å². The monoisotopic (exact) mass is 274 g/mol. The van der Waals surface area contributed by atoms with Crippen LogP contribution in [0.1, 0.15) is 36.8 Å². The molecule has 1 aliphatic rings. The first kappa shape index (κ1) is 14.8. The standard InChI is InChI=1S/C16H22N2O2/c1-20-16-8-12(6-7-13(16)9-17)10-18-15-5-3-2-4-14(15)11-19/h6-8,14-15,18-19H,2-5,10-11H2,1H3. The number of aliphatic hydroxyl groups excluding tert-OH is 1. The Kier molecular flexibility index (Phi) is 5.40. The molecule has 0 aliphatic heterocycles. The molecule has 0 amide bonds. The minimum absolute atomic E-state index is 0.258. The third kappa shape index (κ3) is 3.50. The molecule has 20 heavy (non-hydrogen) atoms. The van der Waals surface area contributed by atoms with Crippen molar-refractivity contribution >= 4 is 0 Å². The van der Waals surface area contributed by atoms with E-state index in [9.17, 15) is 5.11 Å². The Bertz CT molecular complexity index is 482. The number of aliphatic hydroxyl groups is 1. The minimum atomic E-state index is 0.258. The van der Waals surface area contributed by atoms with Gasteiger partial charge in [-0.3, -0.25) is 0 Å². The van der Waals surface area contributed by atoms with Crippen LogP contribution in [0.25, 0.3) is 0 Å². The molecule has 1 aliphatic carbocycles. The van der Waals surface area contributed by atoms with Gasteiger partial charge in [0.1, 0.15) is 11.8 Å². The molecule has 0 spiro atoms. The summed E-state index contributed by atoms with van der Waals surface area (Å²) in [6.07, 6.45) is 4.67. The van der Waals surface area contributed by atoms with Crippen molar-refractivity contribution in [1.82, 2.24) is 5.32 Å². The lowest BCUT2D eigenvalue weighted by Gasteiger charge is -2.31. The number of nitrogens with one attached hydrogen (secondary N) is 1. The van der Waals surface area contributed by atoms with Crippen molar-refractivity contribution in [3.63, 3.8) is 0 Å². The van der Waals surface area contributed by atoms with E-state index in [0.29, 0.717) is 23.3 Å². The Morgan fingerprint density at radius 1 is 1.40 bits per heavy atom. The van der Waals surface area contributed by atoms with Gasteiger partial charge >= 0.3 is 0 Å². The van der Waals surface area contributed by atoms with E-state index in [2.05, 4.69) is 11.4 Å². The summed E-state index contributed by atoms with van der Waals surface area (Å²) in [6.45, 7) is 0.998. The average Bonchev–Trinajstić information content (AvgIpc) is 2.52. The van der Waals surface area contributed by atoms with Gasteiger partial charge in [0.25, 0.3) is 0 Å². The van der Waals surface area contributed by atoms with Crippen LogP contribution in [0.2, 0.25) is 0 Å². The second kappa shape index (κ2) is 7.28. The Morgan fingerprint density at radius 2 is 2.20 bits per heavy atom. The highest BCUT2D eigenvalue weighted by Crippen LogP contribution is 2.25. The first-order valence-electron chi connectivity index (χ1n) is 7.19. The van der Waals surface area contributed by atoms with Crippen LogP contribution < -0.4 is 10.1 Å². The number of hydrogen-bond donors (Lipinski definition) is 2. The predicted molar refractivity (Wildman–Crippen MR) is 77.4 cm³/mol. The molecule has 1 aromatic carbocycles. The van der Waals surface area contributed by atoms with Gasteiger partial charge in [0.2, 0.25) is 0 Å². The first-order valence-corrected chi connectivity index (χ1v) is 7.19. The van der Waals surface area contributed by atoms with E-state index in [1.807, 2.05) is 12.1 Å². The zero-order valence-electron chi connectivity index (χ0n) is 11.9. The fourth-order valence-electron chi connectivity index (χ4n) is 2.88. The third-order valence-corrected chi connectivity index (χ3v) is 4.10. The van der Waals surface area contributed by atoms with Crippen molar-refractivity contribution in [3.8, 4) is 11.8 Å². The molecular weight excluding hydrogens is 252 g/mol. The molecule has 1 saturated carbocycles. The van der Waals surface area contributed by atoms with Crippen molar-refractivity contribution < 1.29 is 9.84 Å². The molecule has 4 nitrogen and oxygen atoms in total. The molecule has 2 N–H and O–H groups in total. The van der Waals surface area contributed by atoms with Gasteiger partial charge in [0.15, 0.2) is 0 Å². The van der Waals surface area contributed by atoms with E-state index >= 15 is 0 Å². The normalized spacial score (nSPS) is 22.2. The zero-order chi connectivity index (χ0) is 14.4. The topological polar surface area (TPSA) is 65.3 Å². The molecule has 2 atom stereocenters. The second-order valence-electron chi connectivity index (χ2n) is 5.36. The Hall–Kier alpha value is -1.57. The van der Waals surface area contributed by atoms with Gasteiger partial charge < -0.3 is 15.2 Å². The fourth-order valence-corrected chi connectivity index (χ4v) is 2.88. The van der Waals surface area contributed by atoms with Crippen LogP contribution in [0.4, 0.5) is 0 Å². The van der Waals surface area contributed by atoms with Gasteiger partial charge in [-0.05, 0) is 36.5 Å². The lowest BCUT2D eigenvalue weighted by Crippen LogP contribution is -2.39. The number of benzene rings is 1. The van der Waals surface area contributed by atoms with E-state index in [1.165, 1.54) is 12.8 Å². The maximum absolute atomic E-state index is 9.41. The highest BCUT2D eigenvalue weighted by molar-refractivity contribution is 5.45. The molecule has 0 aromatic heterocycles. The highest BCUT2D eigenvalue weighted by Gasteiger charge is 2.23. The van der Waals surface area contributed by atoms with Crippen LogP contribution in [0.3, 0.4) is 0 Å². The van der Waals surface area contributed by atoms with Gasteiger partial charge in [-0.1, -0.05) is 18.9 Å². The Balaban J connectivity index is 1.98. The van der Waals surface area contributed by atoms with Crippen LogP contribution in [-0.4, -0.2) is 24.9 Å². The summed E-state index contributed by atoms with van der Waals surface area (Å²) >= 11 is 0. The van der Waals surface area contributed by atoms with Gasteiger partial charge in [-0.25, -0.2) is 0 Å². The van der Waals surface area contributed by atoms with Crippen LogP contribution >= 0.6 is 0 Å². The summed E-state index contributed by atoms with van der Waals surface area (Å²) in [5, 5.41) is 21.9. The van der Waals surface area contributed by atoms with E-state index in [1.54, 1.807) is 13.2 Å². The molecule has 108 valence electrons. The average molecular weight is 274 g/mol. The molecule has 2 unspecified atom stereocenters. The summed E-state index contributed by atoms with van der Waals surface area (Å²) in [4.78, 5) is 0. The Labute approximate surface area is 120 Å². The van der Waals surface area contributed by atoms with E-state index in [0.717, 1.165) is 24.9 Å². The third-order valence-electron chi connectivity index (χ3n) is 4.10. The zero-order valence-corrected chi connectivity index (χ0v) is 11.9. The summed E-state index contributed by atoms with van der Waals surface area (Å²) < 4.78 is 5.22. The quantitative estimate of drug-likeness (QED) is 0.864. The van der Waals surface area contributed by atoms with Crippen molar-refractivity contribution in [3.05, 3.63) is 29.3 Å². The number of rotatable bonds is 5. The molecule has 1 aromatic rings. The van der Waals surface area contributed by atoms with Crippen LogP contribution in [0, 0.1) is 17.2 Å². The molecule has 2 rings (SSSR count). The van der Waals surface area contributed by atoms with Gasteiger partial charge in [-0.15, -0.1) is 0 Å². The van der Waals surface area contributed by atoms with E-state index < -0.39 is 0 Å². The smallest absolute Gasteiger partial charge is 0.136 e. The summed E-state index contributed by atoms with van der Waals surface area (Å²) in [6, 6.07) is 8.15. The van der Waals surface area contributed by atoms with Crippen molar-refractivity contribution in [1.29, 1.82) is 5.26 Å².